The fraction of sp³-hybridized carbons (Fsp3) is 0.471. The lowest BCUT2D eigenvalue weighted by Crippen LogP contribution is -2.42. The molecule has 1 aromatic rings. The van der Waals surface area contributed by atoms with Gasteiger partial charge in [-0.1, -0.05) is 30.3 Å². The first kappa shape index (κ1) is 19.5. The molecule has 0 radical (unpaired) electrons. The molecule has 0 aliphatic carbocycles. The summed E-state index contributed by atoms with van der Waals surface area (Å²) in [6.45, 7) is 3.85. The maximum atomic E-state index is 12.0. The van der Waals surface area contributed by atoms with Crippen molar-refractivity contribution in [2.75, 3.05) is 13.6 Å². The van der Waals surface area contributed by atoms with Gasteiger partial charge >= 0.3 is 12.0 Å². The Morgan fingerprint density at radius 1 is 1.17 bits per heavy atom. The third-order valence-electron chi connectivity index (χ3n) is 3.77. The topological polar surface area (TPSA) is 98.7 Å². The Labute approximate surface area is 142 Å². The highest BCUT2D eigenvalue weighted by Gasteiger charge is 2.20. The van der Waals surface area contributed by atoms with Gasteiger partial charge in [0.2, 0.25) is 5.91 Å². The summed E-state index contributed by atoms with van der Waals surface area (Å²) < 4.78 is 0. The van der Waals surface area contributed by atoms with Crippen molar-refractivity contribution in [3.63, 3.8) is 0 Å². The summed E-state index contributed by atoms with van der Waals surface area (Å²) in [6.07, 6.45) is 0.0988. The summed E-state index contributed by atoms with van der Waals surface area (Å²) in [4.78, 5) is 36.1. The summed E-state index contributed by atoms with van der Waals surface area (Å²) in [5.74, 6) is -1.92. The number of aliphatic carboxylic acids is 1. The van der Waals surface area contributed by atoms with Crippen LogP contribution in [0.1, 0.15) is 25.8 Å². The first-order chi connectivity index (χ1) is 11.3. The molecule has 1 aromatic carbocycles. The predicted octanol–water partition coefficient (Wildman–Crippen LogP) is 1.44. The zero-order valence-electron chi connectivity index (χ0n) is 14.3. The Bertz CT molecular complexity index is 562. The number of carboxylic acids is 1. The lowest BCUT2D eigenvalue weighted by molar-refractivity contribution is -0.142. The van der Waals surface area contributed by atoms with Crippen LogP contribution >= 0.6 is 0 Å². The molecule has 3 amide bonds. The summed E-state index contributed by atoms with van der Waals surface area (Å²) >= 11 is 0. The Morgan fingerprint density at radius 3 is 2.38 bits per heavy atom. The molecule has 2 unspecified atom stereocenters. The molecule has 0 aliphatic heterocycles. The standard InChI is InChI=1S/C17H25N3O4/c1-12(16(22)23)13(2)19-15(21)9-10-18-17(24)20(3)11-14-7-5-4-6-8-14/h4-8,12-13H,9-11H2,1-3H3,(H,18,24)(H,19,21)(H,22,23). The van der Waals surface area contributed by atoms with Crippen LogP contribution in [0.4, 0.5) is 4.79 Å². The number of nitrogens with one attached hydrogen (secondary N) is 2. The van der Waals surface area contributed by atoms with Crippen molar-refractivity contribution < 1.29 is 19.5 Å². The van der Waals surface area contributed by atoms with Gasteiger partial charge in [0, 0.05) is 32.6 Å². The van der Waals surface area contributed by atoms with E-state index in [0.717, 1.165) is 5.56 Å². The lowest BCUT2D eigenvalue weighted by Gasteiger charge is -2.19. The maximum absolute atomic E-state index is 12.0. The number of benzene rings is 1. The number of amides is 3. The molecule has 0 aromatic heterocycles. The number of hydrogen-bond donors (Lipinski definition) is 3. The van der Waals surface area contributed by atoms with Crippen molar-refractivity contribution >= 4 is 17.9 Å². The number of rotatable bonds is 8. The molecule has 3 N–H and O–H groups in total. The Balaban J connectivity index is 2.29. The maximum Gasteiger partial charge on any atom is 0.317 e. The summed E-state index contributed by atoms with van der Waals surface area (Å²) in [7, 11) is 1.68. The second kappa shape index (κ2) is 9.54. The normalized spacial score (nSPS) is 12.8. The molecular weight excluding hydrogens is 310 g/mol. The van der Waals surface area contributed by atoms with E-state index in [1.54, 1.807) is 14.0 Å². The average molecular weight is 335 g/mol. The zero-order chi connectivity index (χ0) is 18.1. The molecule has 7 nitrogen and oxygen atoms in total. The van der Waals surface area contributed by atoms with E-state index in [0.29, 0.717) is 6.54 Å². The number of urea groups is 1. The Kier molecular flexibility index (Phi) is 7.74. The van der Waals surface area contributed by atoms with Crippen molar-refractivity contribution in [3.05, 3.63) is 35.9 Å². The van der Waals surface area contributed by atoms with Gasteiger partial charge in [-0.15, -0.1) is 0 Å². The van der Waals surface area contributed by atoms with Gasteiger partial charge in [-0.2, -0.15) is 0 Å². The number of carbonyl (C=O) groups is 3. The molecule has 1 rings (SSSR count). The fourth-order valence-corrected chi connectivity index (χ4v) is 2.01. The van der Waals surface area contributed by atoms with E-state index in [4.69, 9.17) is 5.11 Å². The van der Waals surface area contributed by atoms with Gasteiger partial charge < -0.3 is 20.6 Å². The summed E-state index contributed by atoms with van der Waals surface area (Å²) in [5.41, 5.74) is 1.02. The first-order valence-corrected chi connectivity index (χ1v) is 7.86. The smallest absolute Gasteiger partial charge is 0.317 e. The minimum atomic E-state index is -0.960. The molecule has 0 fully saturated rings. The molecule has 2 atom stereocenters. The fourth-order valence-electron chi connectivity index (χ4n) is 2.01. The van der Waals surface area contributed by atoms with E-state index in [2.05, 4.69) is 10.6 Å². The van der Waals surface area contributed by atoms with Crippen LogP contribution in [0.25, 0.3) is 0 Å². The van der Waals surface area contributed by atoms with Crippen LogP contribution in [0.5, 0.6) is 0 Å². The molecule has 132 valence electrons. The van der Waals surface area contributed by atoms with Gasteiger partial charge in [-0.05, 0) is 19.4 Å². The van der Waals surface area contributed by atoms with E-state index >= 15 is 0 Å². The summed E-state index contributed by atoms with van der Waals surface area (Å²) in [6, 6.07) is 8.86. The number of carbonyl (C=O) groups excluding carboxylic acids is 2. The number of carboxylic acid groups (broad SMARTS) is 1. The second-order valence-corrected chi connectivity index (χ2v) is 5.81. The van der Waals surface area contributed by atoms with Gasteiger partial charge in [0.05, 0.1) is 5.92 Å². The average Bonchev–Trinajstić information content (AvgIpc) is 2.54. The minimum Gasteiger partial charge on any atom is -0.481 e. The van der Waals surface area contributed by atoms with Crippen LogP contribution in [-0.4, -0.2) is 47.5 Å². The van der Waals surface area contributed by atoms with Crippen LogP contribution in [0, 0.1) is 5.92 Å². The predicted molar refractivity (Wildman–Crippen MR) is 90.3 cm³/mol. The van der Waals surface area contributed by atoms with Crippen LogP contribution in [0.2, 0.25) is 0 Å². The van der Waals surface area contributed by atoms with Crippen molar-refractivity contribution in [2.24, 2.45) is 5.92 Å². The molecule has 0 aliphatic rings. The molecule has 0 bridgehead atoms. The minimum absolute atomic E-state index is 0.0988. The van der Waals surface area contributed by atoms with Crippen molar-refractivity contribution in [3.8, 4) is 0 Å². The Morgan fingerprint density at radius 2 is 1.79 bits per heavy atom. The zero-order valence-corrected chi connectivity index (χ0v) is 14.3. The molecule has 24 heavy (non-hydrogen) atoms. The van der Waals surface area contributed by atoms with Gasteiger partial charge in [0.25, 0.3) is 0 Å². The van der Waals surface area contributed by atoms with E-state index in [-0.39, 0.29) is 24.9 Å². The van der Waals surface area contributed by atoms with E-state index in [1.165, 1.54) is 11.8 Å². The van der Waals surface area contributed by atoms with Crippen molar-refractivity contribution in [2.45, 2.75) is 32.9 Å². The lowest BCUT2D eigenvalue weighted by atomic mass is 10.0. The largest absolute Gasteiger partial charge is 0.481 e. The van der Waals surface area contributed by atoms with E-state index < -0.39 is 17.9 Å². The van der Waals surface area contributed by atoms with E-state index in [1.807, 2.05) is 30.3 Å². The quantitative estimate of drug-likeness (QED) is 0.669. The third-order valence-corrected chi connectivity index (χ3v) is 3.77. The van der Waals surface area contributed by atoms with Gasteiger partial charge in [0.1, 0.15) is 0 Å². The molecule has 0 saturated heterocycles. The highest BCUT2D eigenvalue weighted by molar-refractivity contribution is 5.79. The first-order valence-electron chi connectivity index (χ1n) is 7.86. The molecular formula is C17H25N3O4. The van der Waals surface area contributed by atoms with Crippen LogP contribution in [0.15, 0.2) is 30.3 Å². The van der Waals surface area contributed by atoms with E-state index in [9.17, 15) is 14.4 Å². The van der Waals surface area contributed by atoms with Gasteiger partial charge in [-0.3, -0.25) is 9.59 Å². The molecule has 0 spiro atoms. The van der Waals surface area contributed by atoms with Crippen molar-refractivity contribution in [1.29, 1.82) is 0 Å². The molecule has 0 heterocycles. The monoisotopic (exact) mass is 335 g/mol. The van der Waals surface area contributed by atoms with Crippen LogP contribution in [-0.2, 0) is 16.1 Å². The molecule has 7 heteroatoms. The SMILES string of the molecule is CC(NC(=O)CCNC(=O)N(C)Cc1ccccc1)C(C)C(=O)O. The van der Waals surface area contributed by atoms with Gasteiger partial charge in [-0.25, -0.2) is 4.79 Å². The van der Waals surface area contributed by atoms with Gasteiger partial charge in [0.15, 0.2) is 0 Å². The number of nitrogens with zero attached hydrogens (tertiary/aromatic N) is 1. The number of hydrogen-bond acceptors (Lipinski definition) is 3. The highest BCUT2D eigenvalue weighted by Crippen LogP contribution is 2.03. The van der Waals surface area contributed by atoms with Crippen LogP contribution < -0.4 is 10.6 Å². The highest BCUT2D eigenvalue weighted by atomic mass is 16.4. The van der Waals surface area contributed by atoms with Crippen LogP contribution in [0.3, 0.4) is 0 Å². The molecule has 0 saturated carbocycles. The van der Waals surface area contributed by atoms with Crippen molar-refractivity contribution in [1.82, 2.24) is 15.5 Å². The summed E-state index contributed by atoms with van der Waals surface area (Å²) in [5, 5.41) is 14.2. The second-order valence-electron chi connectivity index (χ2n) is 5.81. The third kappa shape index (κ3) is 6.68. The Hall–Kier alpha value is -2.57.